The van der Waals surface area contributed by atoms with E-state index in [4.69, 9.17) is 14.5 Å². The van der Waals surface area contributed by atoms with Crippen LogP contribution >= 0.6 is 0 Å². The molecule has 2 heterocycles. The van der Waals surface area contributed by atoms with Gasteiger partial charge in [0.2, 0.25) is 0 Å². The number of carbonyl (C=O) groups excluding carboxylic acids is 1. The molecule has 0 saturated carbocycles. The van der Waals surface area contributed by atoms with E-state index in [1.165, 1.54) is 7.11 Å². The van der Waals surface area contributed by atoms with Gasteiger partial charge in [-0.15, -0.1) is 0 Å². The lowest BCUT2D eigenvalue weighted by atomic mass is 10.0. The number of hydrogen-bond donors (Lipinski definition) is 1. The van der Waals surface area contributed by atoms with Crippen molar-refractivity contribution in [3.63, 3.8) is 0 Å². The molecule has 1 aromatic heterocycles. The molecule has 0 atom stereocenters. The minimum Gasteiger partial charge on any atom is -0.492 e. The van der Waals surface area contributed by atoms with Crippen molar-refractivity contribution in [1.82, 2.24) is 4.98 Å². The number of nitrogens with one attached hydrogen (secondary N) is 1. The molecule has 0 aliphatic carbocycles. The minimum absolute atomic E-state index is 0.0804. The van der Waals surface area contributed by atoms with Gasteiger partial charge in [0.25, 0.3) is 0 Å². The van der Waals surface area contributed by atoms with Crippen LogP contribution in [0.15, 0.2) is 18.2 Å². The maximum atomic E-state index is 11.7. The van der Waals surface area contributed by atoms with E-state index < -0.39 is 0 Å². The molecule has 1 aliphatic heterocycles. The Balaban J connectivity index is 2.17. The van der Waals surface area contributed by atoms with Gasteiger partial charge in [0.05, 0.1) is 24.8 Å². The lowest BCUT2D eigenvalue weighted by Crippen LogP contribution is -2.27. The van der Waals surface area contributed by atoms with Crippen molar-refractivity contribution in [3.05, 3.63) is 29.3 Å². The molecule has 1 aromatic carbocycles. The molecule has 22 heavy (non-hydrogen) atoms. The van der Waals surface area contributed by atoms with Gasteiger partial charge in [0, 0.05) is 22.9 Å². The Labute approximate surface area is 129 Å². The van der Waals surface area contributed by atoms with Crippen molar-refractivity contribution in [2.45, 2.75) is 32.7 Å². The Hall–Kier alpha value is -2.30. The number of aromatic nitrogens is 1. The first-order valence-corrected chi connectivity index (χ1v) is 7.35. The number of rotatable bonds is 2. The smallest absolute Gasteiger partial charge is 0.337 e. The Kier molecular flexibility index (Phi) is 3.43. The highest BCUT2D eigenvalue weighted by Crippen LogP contribution is 2.38. The van der Waals surface area contributed by atoms with Crippen molar-refractivity contribution in [1.29, 1.82) is 0 Å². The number of anilines is 1. The summed E-state index contributed by atoms with van der Waals surface area (Å²) in [6, 6.07) is 5.35. The SMILES string of the molecule is COC(=O)c1ccc2nc(NC(C)(C)C)c3c(c2c1)OCC3. The van der Waals surface area contributed by atoms with Crippen molar-refractivity contribution in [2.75, 3.05) is 19.0 Å². The molecular weight excluding hydrogens is 280 g/mol. The number of hydrogen-bond acceptors (Lipinski definition) is 5. The quantitative estimate of drug-likeness (QED) is 0.863. The van der Waals surface area contributed by atoms with Gasteiger partial charge in [-0.25, -0.2) is 9.78 Å². The molecule has 0 radical (unpaired) electrons. The number of ether oxygens (including phenoxy) is 2. The van der Waals surface area contributed by atoms with E-state index in [0.29, 0.717) is 12.2 Å². The maximum Gasteiger partial charge on any atom is 0.337 e. The standard InChI is InChI=1S/C17H20N2O3/c1-17(2,3)19-15-11-7-8-22-14(11)12-9-10(16(20)21-4)5-6-13(12)18-15/h5-6,9H,7-8H2,1-4H3,(H,18,19). The second-order valence-corrected chi connectivity index (χ2v) is 6.47. The van der Waals surface area contributed by atoms with Crippen LogP contribution in [0, 0.1) is 0 Å². The highest BCUT2D eigenvalue weighted by Gasteiger charge is 2.24. The van der Waals surface area contributed by atoms with E-state index in [9.17, 15) is 4.79 Å². The summed E-state index contributed by atoms with van der Waals surface area (Å²) >= 11 is 0. The van der Waals surface area contributed by atoms with Crippen LogP contribution in [0.1, 0.15) is 36.7 Å². The van der Waals surface area contributed by atoms with Crippen LogP contribution in [0.2, 0.25) is 0 Å². The third-order valence-electron chi connectivity index (χ3n) is 3.55. The minimum atomic E-state index is -0.356. The van der Waals surface area contributed by atoms with Crippen LogP contribution in [-0.2, 0) is 11.2 Å². The number of benzene rings is 1. The predicted octanol–water partition coefficient (Wildman–Crippen LogP) is 3.17. The highest BCUT2D eigenvalue weighted by atomic mass is 16.5. The number of carbonyl (C=O) groups is 1. The number of methoxy groups -OCH3 is 1. The average molecular weight is 300 g/mol. The maximum absolute atomic E-state index is 11.7. The van der Waals surface area contributed by atoms with E-state index in [1.807, 2.05) is 6.07 Å². The van der Waals surface area contributed by atoms with Crippen LogP contribution in [-0.4, -0.2) is 30.2 Å². The van der Waals surface area contributed by atoms with Crippen molar-refractivity contribution < 1.29 is 14.3 Å². The summed E-state index contributed by atoms with van der Waals surface area (Å²) in [6.45, 7) is 6.93. The van der Waals surface area contributed by atoms with Gasteiger partial charge in [0.1, 0.15) is 11.6 Å². The Morgan fingerprint density at radius 2 is 2.14 bits per heavy atom. The topological polar surface area (TPSA) is 60.5 Å². The summed E-state index contributed by atoms with van der Waals surface area (Å²) in [5.41, 5.74) is 2.30. The zero-order valence-corrected chi connectivity index (χ0v) is 13.3. The van der Waals surface area contributed by atoms with E-state index >= 15 is 0 Å². The molecule has 5 heteroatoms. The Bertz CT molecular complexity index is 748. The van der Waals surface area contributed by atoms with E-state index in [-0.39, 0.29) is 11.5 Å². The Morgan fingerprint density at radius 1 is 1.36 bits per heavy atom. The first kappa shape index (κ1) is 14.6. The molecule has 0 spiro atoms. The molecule has 0 unspecified atom stereocenters. The fraction of sp³-hybridized carbons (Fsp3) is 0.412. The molecule has 5 nitrogen and oxygen atoms in total. The van der Waals surface area contributed by atoms with Crippen molar-refractivity contribution in [3.8, 4) is 5.75 Å². The molecule has 0 fully saturated rings. The molecule has 0 bridgehead atoms. The summed E-state index contributed by atoms with van der Waals surface area (Å²) in [7, 11) is 1.38. The first-order valence-electron chi connectivity index (χ1n) is 7.35. The van der Waals surface area contributed by atoms with Gasteiger partial charge in [-0.1, -0.05) is 0 Å². The van der Waals surface area contributed by atoms with Crippen LogP contribution in [0.25, 0.3) is 10.9 Å². The summed E-state index contributed by atoms with van der Waals surface area (Å²) in [5.74, 6) is 1.33. The summed E-state index contributed by atoms with van der Waals surface area (Å²) < 4.78 is 10.6. The molecule has 2 aromatic rings. The van der Waals surface area contributed by atoms with E-state index in [2.05, 4.69) is 26.1 Å². The van der Waals surface area contributed by atoms with E-state index in [1.54, 1.807) is 12.1 Å². The van der Waals surface area contributed by atoms with Gasteiger partial charge in [0.15, 0.2) is 0 Å². The molecule has 0 amide bonds. The summed E-state index contributed by atoms with van der Waals surface area (Å²) in [6.07, 6.45) is 0.819. The molecule has 3 rings (SSSR count). The van der Waals surface area contributed by atoms with Crippen LogP contribution in [0.4, 0.5) is 5.82 Å². The Morgan fingerprint density at radius 3 is 2.82 bits per heavy atom. The van der Waals surface area contributed by atoms with E-state index in [0.717, 1.165) is 34.5 Å². The summed E-state index contributed by atoms with van der Waals surface area (Å²) in [5, 5.41) is 4.30. The van der Waals surface area contributed by atoms with Gasteiger partial charge in [-0.3, -0.25) is 0 Å². The van der Waals surface area contributed by atoms with Gasteiger partial charge in [-0.05, 0) is 39.0 Å². The van der Waals surface area contributed by atoms with Crippen LogP contribution in [0.3, 0.4) is 0 Å². The van der Waals surface area contributed by atoms with Crippen molar-refractivity contribution >= 4 is 22.7 Å². The van der Waals surface area contributed by atoms with Crippen LogP contribution in [0.5, 0.6) is 5.75 Å². The van der Waals surface area contributed by atoms with Gasteiger partial charge in [-0.2, -0.15) is 0 Å². The third kappa shape index (κ3) is 2.58. The van der Waals surface area contributed by atoms with Gasteiger partial charge >= 0.3 is 5.97 Å². The van der Waals surface area contributed by atoms with Crippen LogP contribution < -0.4 is 10.1 Å². The zero-order chi connectivity index (χ0) is 15.9. The summed E-state index contributed by atoms with van der Waals surface area (Å²) in [4.78, 5) is 16.4. The fourth-order valence-corrected chi connectivity index (χ4v) is 2.63. The zero-order valence-electron chi connectivity index (χ0n) is 13.3. The molecular formula is C17H20N2O3. The molecule has 1 N–H and O–H groups in total. The normalized spacial score (nSPS) is 13.6. The average Bonchev–Trinajstić information content (AvgIpc) is 2.94. The predicted molar refractivity (Wildman–Crippen MR) is 85.7 cm³/mol. The fourth-order valence-electron chi connectivity index (χ4n) is 2.63. The molecule has 0 saturated heterocycles. The molecule has 116 valence electrons. The molecule has 1 aliphatic rings. The number of nitrogens with zero attached hydrogens (tertiary/aromatic N) is 1. The number of esters is 1. The number of pyridine rings is 1. The second-order valence-electron chi connectivity index (χ2n) is 6.47. The number of fused-ring (bicyclic) bond motifs is 3. The van der Waals surface area contributed by atoms with Crippen molar-refractivity contribution in [2.24, 2.45) is 0 Å². The third-order valence-corrected chi connectivity index (χ3v) is 3.55. The lowest BCUT2D eigenvalue weighted by molar-refractivity contribution is 0.0601. The monoisotopic (exact) mass is 300 g/mol. The lowest BCUT2D eigenvalue weighted by Gasteiger charge is -2.23. The highest BCUT2D eigenvalue weighted by molar-refractivity contribution is 5.97. The first-order chi connectivity index (χ1) is 10.4. The largest absolute Gasteiger partial charge is 0.492 e. The second kappa shape index (κ2) is 5.16. The van der Waals surface area contributed by atoms with Gasteiger partial charge < -0.3 is 14.8 Å².